The molecule has 1 aliphatic rings. The van der Waals surface area contributed by atoms with E-state index in [1.807, 2.05) is 25.1 Å². The summed E-state index contributed by atoms with van der Waals surface area (Å²) in [6, 6.07) is 10.8. The molecule has 0 spiro atoms. The van der Waals surface area contributed by atoms with E-state index in [4.69, 9.17) is 4.74 Å². The van der Waals surface area contributed by atoms with Gasteiger partial charge in [0.05, 0.1) is 10.9 Å². The zero-order valence-electron chi connectivity index (χ0n) is 22.6. The highest BCUT2D eigenvalue weighted by Gasteiger charge is 2.36. The third-order valence-electron chi connectivity index (χ3n) is 6.93. The molecular formula is C26H29F3N6O4S2. The van der Waals surface area contributed by atoms with Gasteiger partial charge in [-0.1, -0.05) is 22.4 Å². The Kier molecular flexibility index (Phi) is 8.23. The van der Waals surface area contributed by atoms with Gasteiger partial charge in [0, 0.05) is 12.6 Å². The fourth-order valence-electron chi connectivity index (χ4n) is 4.74. The van der Waals surface area contributed by atoms with Gasteiger partial charge in [0.1, 0.15) is 15.7 Å². The maximum Gasteiger partial charge on any atom is 0.452 e. The standard InChI is InChI=1S/C26H29F3N6O4S2/c1-4-35-24(30-31-25(35)38-19-7-5-6-18(14-19)17-10-12-34(3)13-11-17)16(2)33-41(36,37)23-9-8-21(40-23)20-15-22(39-32-20)26(27,28)29/h5-9,14-17,33H,4,10-13H2,1-3H3/t16-/m1/s1. The number of sulfonamides is 1. The summed E-state index contributed by atoms with van der Waals surface area (Å²) in [6.07, 6.45) is -2.54. The Hall–Kier alpha value is -3.27. The lowest BCUT2D eigenvalue weighted by Gasteiger charge is -2.29. The van der Waals surface area contributed by atoms with E-state index in [1.54, 1.807) is 11.5 Å². The molecule has 41 heavy (non-hydrogen) atoms. The second-order valence-corrected chi connectivity index (χ2v) is 12.9. The third kappa shape index (κ3) is 6.47. The molecule has 1 aromatic carbocycles. The van der Waals surface area contributed by atoms with Gasteiger partial charge in [-0.2, -0.15) is 17.9 Å². The molecule has 3 aromatic heterocycles. The van der Waals surface area contributed by atoms with E-state index in [9.17, 15) is 21.6 Å². The smallest absolute Gasteiger partial charge is 0.424 e. The number of hydrogen-bond donors (Lipinski definition) is 1. The van der Waals surface area contributed by atoms with Crippen LogP contribution in [0.5, 0.6) is 11.8 Å². The van der Waals surface area contributed by atoms with Crippen molar-refractivity contribution in [2.24, 2.45) is 0 Å². The Balaban J connectivity index is 1.29. The fourth-order valence-corrected chi connectivity index (χ4v) is 7.22. The van der Waals surface area contributed by atoms with Crippen molar-refractivity contribution in [1.29, 1.82) is 0 Å². The van der Waals surface area contributed by atoms with Crippen molar-refractivity contribution in [3.63, 3.8) is 0 Å². The predicted molar refractivity (Wildman–Crippen MR) is 145 cm³/mol. The summed E-state index contributed by atoms with van der Waals surface area (Å²) in [5.74, 6) is 0.164. The van der Waals surface area contributed by atoms with E-state index in [1.165, 1.54) is 17.7 Å². The highest BCUT2D eigenvalue weighted by Crippen LogP contribution is 2.36. The zero-order valence-corrected chi connectivity index (χ0v) is 24.2. The molecule has 1 aliphatic heterocycles. The van der Waals surface area contributed by atoms with E-state index in [-0.39, 0.29) is 20.8 Å². The number of nitrogens with zero attached hydrogens (tertiary/aromatic N) is 5. The summed E-state index contributed by atoms with van der Waals surface area (Å²) in [6.45, 7) is 6.01. The Morgan fingerprint density at radius 3 is 2.61 bits per heavy atom. The van der Waals surface area contributed by atoms with Crippen LogP contribution in [0, 0.1) is 0 Å². The van der Waals surface area contributed by atoms with Gasteiger partial charge in [0.2, 0.25) is 5.76 Å². The van der Waals surface area contributed by atoms with Crippen molar-refractivity contribution >= 4 is 21.4 Å². The molecule has 0 bridgehead atoms. The van der Waals surface area contributed by atoms with Gasteiger partial charge < -0.3 is 14.2 Å². The first kappa shape index (κ1) is 29.2. The number of rotatable bonds is 9. The predicted octanol–water partition coefficient (Wildman–Crippen LogP) is 5.67. The molecule has 1 atom stereocenters. The minimum atomic E-state index is -4.69. The van der Waals surface area contributed by atoms with Crippen LogP contribution < -0.4 is 9.46 Å². The van der Waals surface area contributed by atoms with Crippen LogP contribution in [0.25, 0.3) is 10.6 Å². The molecule has 0 saturated carbocycles. The number of nitrogens with one attached hydrogen (secondary N) is 1. The van der Waals surface area contributed by atoms with E-state index >= 15 is 0 Å². The van der Waals surface area contributed by atoms with Crippen LogP contribution >= 0.6 is 11.3 Å². The molecule has 4 heterocycles. The molecule has 1 fully saturated rings. The van der Waals surface area contributed by atoms with Crippen molar-refractivity contribution in [3.05, 3.63) is 59.6 Å². The lowest BCUT2D eigenvalue weighted by Crippen LogP contribution is -2.29. The van der Waals surface area contributed by atoms with Gasteiger partial charge in [-0.05, 0) is 82.6 Å². The molecule has 0 unspecified atom stereocenters. The van der Waals surface area contributed by atoms with E-state index < -0.39 is 28.0 Å². The number of alkyl halides is 3. The second-order valence-electron chi connectivity index (χ2n) is 9.87. The average Bonchev–Trinajstić information content (AvgIpc) is 3.68. The van der Waals surface area contributed by atoms with E-state index in [2.05, 4.69) is 42.6 Å². The van der Waals surface area contributed by atoms with E-state index in [0.29, 0.717) is 24.0 Å². The van der Waals surface area contributed by atoms with Crippen LogP contribution in [-0.2, 0) is 22.7 Å². The molecule has 220 valence electrons. The summed E-state index contributed by atoms with van der Waals surface area (Å²) in [5.41, 5.74) is 1.10. The molecular weight excluding hydrogens is 581 g/mol. The Bertz CT molecular complexity index is 1610. The SMILES string of the molecule is CCn1c(Oc2cccc(C3CCN(C)CC3)c2)nnc1[C@@H](C)NS(=O)(=O)c1ccc(-c2cc(C(F)(F)F)on2)s1. The van der Waals surface area contributed by atoms with Crippen molar-refractivity contribution in [3.8, 4) is 22.3 Å². The number of likely N-dealkylation sites (tertiary alicyclic amines) is 1. The monoisotopic (exact) mass is 610 g/mol. The van der Waals surface area contributed by atoms with E-state index in [0.717, 1.165) is 43.3 Å². The van der Waals surface area contributed by atoms with Crippen LogP contribution in [-0.4, -0.2) is 53.4 Å². The molecule has 10 nitrogen and oxygen atoms in total. The van der Waals surface area contributed by atoms with Crippen molar-refractivity contribution in [2.75, 3.05) is 20.1 Å². The maximum absolute atomic E-state index is 13.1. The molecule has 1 saturated heterocycles. The van der Waals surface area contributed by atoms with Crippen LogP contribution in [0.1, 0.15) is 55.8 Å². The van der Waals surface area contributed by atoms with Gasteiger partial charge in [0.25, 0.3) is 10.0 Å². The fraction of sp³-hybridized carbons (Fsp3) is 0.423. The molecule has 0 amide bonds. The number of thiophene rings is 1. The number of halogens is 3. The van der Waals surface area contributed by atoms with Gasteiger partial charge in [-0.25, -0.2) is 8.42 Å². The summed E-state index contributed by atoms with van der Waals surface area (Å²) in [5, 5.41) is 11.8. The lowest BCUT2D eigenvalue weighted by molar-refractivity contribution is -0.155. The highest BCUT2D eigenvalue weighted by atomic mass is 32.2. The summed E-state index contributed by atoms with van der Waals surface area (Å²) >= 11 is 0.774. The second kappa shape index (κ2) is 11.5. The van der Waals surface area contributed by atoms with Crippen molar-refractivity contribution < 1.29 is 30.8 Å². The molecule has 5 rings (SSSR count). The number of piperidine rings is 1. The first-order chi connectivity index (χ1) is 19.4. The van der Waals surface area contributed by atoms with Gasteiger partial charge in [-0.3, -0.25) is 4.57 Å². The lowest BCUT2D eigenvalue weighted by atomic mass is 9.89. The van der Waals surface area contributed by atoms with Crippen molar-refractivity contribution in [1.82, 2.24) is 29.5 Å². The van der Waals surface area contributed by atoms with Crippen LogP contribution in [0.4, 0.5) is 13.2 Å². The van der Waals surface area contributed by atoms with Crippen LogP contribution in [0.2, 0.25) is 0 Å². The molecule has 4 aromatic rings. The molecule has 0 radical (unpaired) electrons. The number of benzene rings is 1. The largest absolute Gasteiger partial charge is 0.452 e. The third-order valence-corrected chi connectivity index (χ3v) is 10.1. The number of hydrogen-bond acceptors (Lipinski definition) is 9. The molecule has 15 heteroatoms. The van der Waals surface area contributed by atoms with Gasteiger partial charge in [0.15, 0.2) is 5.82 Å². The minimum Gasteiger partial charge on any atom is -0.424 e. The van der Waals surface area contributed by atoms with Crippen LogP contribution in [0.15, 0.2) is 51.2 Å². The maximum atomic E-state index is 13.1. The normalized spacial score (nSPS) is 16.2. The molecule has 1 N–H and O–H groups in total. The Labute approximate surface area is 239 Å². The Morgan fingerprint density at radius 1 is 1.17 bits per heavy atom. The van der Waals surface area contributed by atoms with Gasteiger partial charge >= 0.3 is 12.2 Å². The number of ether oxygens (including phenoxy) is 1. The molecule has 0 aliphatic carbocycles. The average molecular weight is 611 g/mol. The van der Waals surface area contributed by atoms with Crippen molar-refractivity contribution in [2.45, 2.75) is 55.6 Å². The first-order valence-corrected chi connectivity index (χ1v) is 15.3. The summed E-state index contributed by atoms with van der Waals surface area (Å²) in [4.78, 5) is 2.53. The quantitative estimate of drug-likeness (QED) is 0.258. The van der Waals surface area contributed by atoms with Crippen LogP contribution in [0.3, 0.4) is 0 Å². The summed E-state index contributed by atoms with van der Waals surface area (Å²) < 4.78 is 79.4. The topological polar surface area (TPSA) is 115 Å². The summed E-state index contributed by atoms with van der Waals surface area (Å²) in [7, 11) is -1.93. The highest BCUT2D eigenvalue weighted by molar-refractivity contribution is 7.91. The first-order valence-electron chi connectivity index (χ1n) is 13.0. The van der Waals surface area contributed by atoms with Gasteiger partial charge in [-0.15, -0.1) is 16.4 Å². The number of aromatic nitrogens is 4. The Morgan fingerprint density at radius 2 is 1.93 bits per heavy atom. The zero-order chi connectivity index (χ0) is 29.4. The minimum absolute atomic E-state index is 0.0966.